The van der Waals surface area contributed by atoms with Crippen LogP contribution in [0.15, 0.2) is 18.2 Å². The normalized spacial score (nSPS) is 16.3. The van der Waals surface area contributed by atoms with Crippen LogP contribution in [0, 0.1) is 0 Å². The maximum absolute atomic E-state index is 12.4. The molecule has 6 nitrogen and oxygen atoms in total. The molecular formula is C20H29NO5. The summed E-state index contributed by atoms with van der Waals surface area (Å²) in [6.07, 6.45) is 5.83. The second-order valence-electron chi connectivity index (χ2n) is 6.54. The zero-order chi connectivity index (χ0) is 18.9. The molecule has 0 unspecified atom stereocenters. The number of ether oxygens (including phenoxy) is 3. The van der Waals surface area contributed by atoms with Gasteiger partial charge >= 0.3 is 5.97 Å². The average molecular weight is 363 g/mol. The van der Waals surface area contributed by atoms with Crippen LogP contribution in [0.4, 0.5) is 0 Å². The molecule has 1 amide bonds. The average Bonchev–Trinajstić information content (AvgIpc) is 2.90. The summed E-state index contributed by atoms with van der Waals surface area (Å²) in [6.45, 7) is 3.90. The first kappa shape index (κ1) is 20.1. The molecule has 144 valence electrons. The zero-order valence-electron chi connectivity index (χ0n) is 15.9. The number of carbonyl (C=O) groups excluding carboxylic acids is 2. The van der Waals surface area contributed by atoms with Crippen LogP contribution in [-0.2, 0) is 9.53 Å². The van der Waals surface area contributed by atoms with E-state index in [9.17, 15) is 9.59 Å². The summed E-state index contributed by atoms with van der Waals surface area (Å²) in [6, 6.07) is 5.00. The predicted molar refractivity (Wildman–Crippen MR) is 98.7 cm³/mol. The molecule has 0 heterocycles. The van der Waals surface area contributed by atoms with E-state index in [-0.39, 0.29) is 11.9 Å². The van der Waals surface area contributed by atoms with Gasteiger partial charge in [-0.05, 0) is 44.9 Å². The lowest BCUT2D eigenvalue weighted by atomic mass is 10.1. The van der Waals surface area contributed by atoms with Crippen molar-refractivity contribution in [2.24, 2.45) is 0 Å². The first-order chi connectivity index (χ1) is 12.5. The molecule has 1 saturated carbocycles. The van der Waals surface area contributed by atoms with Gasteiger partial charge in [0.25, 0.3) is 5.91 Å². The summed E-state index contributed by atoms with van der Waals surface area (Å²) in [4.78, 5) is 24.7. The second kappa shape index (κ2) is 10.0. The fourth-order valence-corrected chi connectivity index (χ4v) is 3.10. The van der Waals surface area contributed by atoms with Crippen LogP contribution in [0.2, 0.25) is 0 Å². The fraction of sp³-hybridized carbons (Fsp3) is 0.600. The number of esters is 1. The lowest BCUT2D eigenvalue weighted by molar-refractivity contribution is -0.129. The molecule has 2 rings (SSSR count). The number of benzene rings is 1. The summed E-state index contributed by atoms with van der Waals surface area (Å²) < 4.78 is 16.0. The van der Waals surface area contributed by atoms with Crippen molar-refractivity contribution >= 4 is 11.9 Å². The van der Waals surface area contributed by atoms with Crippen molar-refractivity contribution in [3.8, 4) is 11.5 Å². The van der Waals surface area contributed by atoms with E-state index in [1.165, 1.54) is 20.0 Å². The Hall–Kier alpha value is -2.24. The second-order valence-corrected chi connectivity index (χ2v) is 6.54. The van der Waals surface area contributed by atoms with Crippen LogP contribution in [0.5, 0.6) is 11.5 Å². The van der Waals surface area contributed by atoms with Gasteiger partial charge in [-0.15, -0.1) is 0 Å². The molecule has 0 aliphatic heterocycles. The number of methoxy groups -OCH3 is 1. The number of rotatable bonds is 7. The maximum Gasteiger partial charge on any atom is 0.339 e. The first-order valence-electron chi connectivity index (χ1n) is 9.37. The Kier molecular flexibility index (Phi) is 7.75. The highest BCUT2D eigenvalue weighted by Gasteiger charge is 2.23. The molecule has 1 atom stereocenters. The number of nitrogens with one attached hydrogen (secondary N) is 1. The molecule has 0 spiro atoms. The standard InChI is InChI=1S/C20H29NO5/c1-4-25-18-13-15(11-12-17(18)24-3)20(23)26-14(2)19(22)21-16-9-7-5-6-8-10-16/h11-14,16H,4-10H2,1-3H3,(H,21,22)/t14-/m0/s1. The minimum absolute atomic E-state index is 0.177. The third kappa shape index (κ3) is 5.64. The van der Waals surface area contributed by atoms with Gasteiger partial charge in [-0.3, -0.25) is 4.79 Å². The van der Waals surface area contributed by atoms with Crippen molar-refractivity contribution in [2.75, 3.05) is 13.7 Å². The van der Waals surface area contributed by atoms with E-state index in [0.717, 1.165) is 25.7 Å². The van der Waals surface area contributed by atoms with Crippen LogP contribution < -0.4 is 14.8 Å². The quantitative estimate of drug-likeness (QED) is 0.593. The Morgan fingerprint density at radius 3 is 2.46 bits per heavy atom. The molecule has 6 heteroatoms. The molecule has 1 aromatic carbocycles. The molecule has 0 bridgehead atoms. The highest BCUT2D eigenvalue weighted by atomic mass is 16.5. The van der Waals surface area contributed by atoms with Crippen LogP contribution in [-0.4, -0.2) is 37.7 Å². The lowest BCUT2D eigenvalue weighted by Crippen LogP contribution is -2.41. The Balaban J connectivity index is 1.95. The Labute approximate surface area is 155 Å². The van der Waals surface area contributed by atoms with Crippen LogP contribution in [0.25, 0.3) is 0 Å². The van der Waals surface area contributed by atoms with Gasteiger partial charge in [0, 0.05) is 6.04 Å². The molecule has 1 fully saturated rings. The molecule has 0 aromatic heterocycles. The van der Waals surface area contributed by atoms with Crippen molar-refractivity contribution in [1.82, 2.24) is 5.32 Å². The van der Waals surface area contributed by atoms with Crippen LogP contribution in [0.3, 0.4) is 0 Å². The van der Waals surface area contributed by atoms with E-state index >= 15 is 0 Å². The van der Waals surface area contributed by atoms with Gasteiger partial charge in [0.2, 0.25) is 0 Å². The third-order valence-electron chi connectivity index (χ3n) is 4.55. The summed E-state index contributed by atoms with van der Waals surface area (Å²) in [5.41, 5.74) is 0.323. The Morgan fingerprint density at radius 2 is 1.85 bits per heavy atom. The third-order valence-corrected chi connectivity index (χ3v) is 4.55. The molecule has 0 saturated heterocycles. The number of amides is 1. The summed E-state index contributed by atoms with van der Waals surface area (Å²) in [7, 11) is 1.54. The molecule has 1 aliphatic carbocycles. The molecule has 1 aromatic rings. The van der Waals surface area contributed by atoms with Crippen LogP contribution in [0.1, 0.15) is 62.7 Å². The van der Waals surface area contributed by atoms with E-state index in [2.05, 4.69) is 5.32 Å². The highest BCUT2D eigenvalue weighted by molar-refractivity contribution is 5.92. The van der Waals surface area contributed by atoms with Crippen LogP contribution >= 0.6 is 0 Å². The summed E-state index contributed by atoms with van der Waals surface area (Å²) in [5, 5.41) is 3.00. The number of hydrogen-bond acceptors (Lipinski definition) is 5. The Morgan fingerprint density at radius 1 is 1.15 bits per heavy atom. The molecule has 1 aliphatic rings. The van der Waals surface area contributed by atoms with E-state index in [1.807, 2.05) is 6.92 Å². The van der Waals surface area contributed by atoms with Gasteiger partial charge < -0.3 is 19.5 Å². The minimum Gasteiger partial charge on any atom is -0.493 e. The molecular weight excluding hydrogens is 334 g/mol. The lowest BCUT2D eigenvalue weighted by Gasteiger charge is -2.20. The van der Waals surface area contributed by atoms with E-state index in [4.69, 9.17) is 14.2 Å². The van der Waals surface area contributed by atoms with Gasteiger partial charge in [0.05, 0.1) is 19.3 Å². The SMILES string of the molecule is CCOc1cc(C(=O)O[C@@H](C)C(=O)NC2CCCCCC2)ccc1OC. The van der Waals surface area contributed by atoms with E-state index < -0.39 is 12.1 Å². The van der Waals surface area contributed by atoms with Crippen molar-refractivity contribution in [2.45, 2.75) is 64.5 Å². The fourth-order valence-electron chi connectivity index (χ4n) is 3.10. The number of carbonyl (C=O) groups is 2. The minimum atomic E-state index is -0.844. The zero-order valence-corrected chi connectivity index (χ0v) is 15.9. The highest BCUT2D eigenvalue weighted by Crippen LogP contribution is 2.28. The van der Waals surface area contributed by atoms with Crippen molar-refractivity contribution < 1.29 is 23.8 Å². The number of hydrogen-bond donors (Lipinski definition) is 1. The largest absolute Gasteiger partial charge is 0.493 e. The smallest absolute Gasteiger partial charge is 0.339 e. The van der Waals surface area contributed by atoms with Gasteiger partial charge in [0.1, 0.15) is 0 Å². The topological polar surface area (TPSA) is 73.9 Å². The first-order valence-corrected chi connectivity index (χ1v) is 9.37. The van der Waals surface area contributed by atoms with Crippen molar-refractivity contribution in [1.29, 1.82) is 0 Å². The molecule has 26 heavy (non-hydrogen) atoms. The van der Waals surface area contributed by atoms with E-state index in [1.54, 1.807) is 25.1 Å². The Bertz CT molecular complexity index is 608. The maximum atomic E-state index is 12.4. The van der Waals surface area contributed by atoms with Gasteiger partial charge in [0.15, 0.2) is 17.6 Å². The van der Waals surface area contributed by atoms with Gasteiger partial charge in [-0.2, -0.15) is 0 Å². The van der Waals surface area contributed by atoms with Crippen molar-refractivity contribution in [3.05, 3.63) is 23.8 Å². The monoisotopic (exact) mass is 363 g/mol. The van der Waals surface area contributed by atoms with E-state index in [0.29, 0.717) is 23.7 Å². The van der Waals surface area contributed by atoms with Crippen molar-refractivity contribution in [3.63, 3.8) is 0 Å². The summed E-state index contributed by atoms with van der Waals surface area (Å²) >= 11 is 0. The molecule has 1 N–H and O–H groups in total. The predicted octanol–water partition coefficient (Wildman–Crippen LogP) is 3.48. The molecule has 0 radical (unpaired) electrons. The van der Waals surface area contributed by atoms with Gasteiger partial charge in [-0.1, -0.05) is 25.7 Å². The van der Waals surface area contributed by atoms with Gasteiger partial charge in [-0.25, -0.2) is 4.79 Å². The summed E-state index contributed by atoms with van der Waals surface area (Å²) in [5.74, 6) is 0.212.